The lowest BCUT2D eigenvalue weighted by atomic mass is 9.34. The van der Waals surface area contributed by atoms with E-state index in [-0.39, 0.29) is 46.3 Å². The monoisotopic (exact) mass is 444 g/mol. The first-order valence-electron chi connectivity index (χ1n) is 12.4. The lowest BCUT2D eigenvalue weighted by Crippen LogP contribution is -2.70. The summed E-state index contributed by atoms with van der Waals surface area (Å²) >= 11 is 0. The molecule has 0 bridgehead atoms. The molecule has 0 heterocycles. The minimum absolute atomic E-state index is 0.0744. The Labute approximate surface area is 192 Å². The first-order valence-corrected chi connectivity index (χ1v) is 12.4. The standard InChI is InChI=1S/C27H40O5/c1-16(30)18-7-8-21-25(5)12-9-20-24(3,4)10-6-11-26(20,15-29)22(25)13-23(32)27(21,17(2)31)19(18)14-28/h7,14,19-23,29,32H,6,8-13,15H2,1-5H3/t19-,20-,21-,22-,23-,25-,26+,27+/m0/s1. The van der Waals surface area contributed by atoms with Gasteiger partial charge >= 0.3 is 0 Å². The van der Waals surface area contributed by atoms with Gasteiger partial charge in [-0.15, -0.1) is 0 Å². The maximum absolute atomic E-state index is 13.3. The summed E-state index contributed by atoms with van der Waals surface area (Å²) in [4.78, 5) is 38.1. The molecule has 5 nitrogen and oxygen atoms in total. The summed E-state index contributed by atoms with van der Waals surface area (Å²) in [5.74, 6) is -1.08. The van der Waals surface area contributed by atoms with E-state index in [0.717, 1.165) is 38.4 Å². The Morgan fingerprint density at radius 2 is 1.78 bits per heavy atom. The van der Waals surface area contributed by atoms with Crippen molar-refractivity contribution in [3.63, 3.8) is 0 Å². The molecule has 178 valence electrons. The van der Waals surface area contributed by atoms with E-state index >= 15 is 0 Å². The molecule has 3 fully saturated rings. The third-order valence-corrected chi connectivity index (χ3v) is 10.8. The van der Waals surface area contributed by atoms with Crippen LogP contribution in [-0.2, 0) is 14.4 Å². The quantitative estimate of drug-likeness (QED) is 0.642. The van der Waals surface area contributed by atoms with Crippen LogP contribution < -0.4 is 0 Å². The van der Waals surface area contributed by atoms with E-state index in [0.29, 0.717) is 24.3 Å². The number of aldehydes is 1. The molecule has 0 aromatic rings. The Kier molecular flexibility index (Phi) is 5.65. The average Bonchev–Trinajstić information content (AvgIpc) is 2.73. The molecule has 8 atom stereocenters. The number of Topliss-reactive ketones (excluding diaryl/α,β-unsaturated/α-hetero) is 2. The fourth-order valence-corrected chi connectivity index (χ4v) is 9.56. The summed E-state index contributed by atoms with van der Waals surface area (Å²) in [7, 11) is 0. The van der Waals surface area contributed by atoms with Crippen molar-refractivity contribution in [2.24, 2.45) is 45.3 Å². The second-order valence-electron chi connectivity index (χ2n) is 12.2. The van der Waals surface area contributed by atoms with Gasteiger partial charge in [0.2, 0.25) is 0 Å². The van der Waals surface area contributed by atoms with Crippen molar-refractivity contribution in [2.75, 3.05) is 6.61 Å². The summed E-state index contributed by atoms with van der Waals surface area (Å²) in [6.45, 7) is 9.87. The fraction of sp³-hybridized carbons (Fsp3) is 0.815. The second-order valence-corrected chi connectivity index (χ2v) is 12.2. The number of carbonyl (C=O) groups is 3. The number of carbonyl (C=O) groups excluding carboxylic acids is 3. The summed E-state index contributed by atoms with van der Waals surface area (Å²) in [6, 6.07) is 0. The number of fused-ring (bicyclic) bond motifs is 5. The van der Waals surface area contributed by atoms with Crippen LogP contribution in [0.1, 0.15) is 79.6 Å². The zero-order valence-corrected chi connectivity index (χ0v) is 20.3. The second kappa shape index (κ2) is 7.59. The van der Waals surface area contributed by atoms with Gasteiger partial charge in [0.05, 0.1) is 17.4 Å². The minimum Gasteiger partial charge on any atom is -0.396 e. The molecular formula is C27H40O5. The molecule has 4 aliphatic rings. The molecule has 0 saturated heterocycles. The fourth-order valence-electron chi connectivity index (χ4n) is 9.56. The molecule has 4 rings (SSSR count). The van der Waals surface area contributed by atoms with Crippen molar-refractivity contribution in [3.05, 3.63) is 11.6 Å². The predicted octanol–water partition coefficient (Wildman–Crippen LogP) is 3.90. The van der Waals surface area contributed by atoms with Gasteiger partial charge in [0.1, 0.15) is 12.1 Å². The Bertz CT molecular complexity index is 858. The van der Waals surface area contributed by atoms with Gasteiger partial charge in [-0.2, -0.15) is 0 Å². The van der Waals surface area contributed by atoms with E-state index in [2.05, 4.69) is 20.8 Å². The van der Waals surface area contributed by atoms with Crippen molar-refractivity contribution in [2.45, 2.75) is 85.7 Å². The molecule has 5 heteroatoms. The van der Waals surface area contributed by atoms with Crippen LogP contribution in [0.2, 0.25) is 0 Å². The van der Waals surface area contributed by atoms with Crippen LogP contribution in [0.3, 0.4) is 0 Å². The molecule has 0 radical (unpaired) electrons. The lowest BCUT2D eigenvalue weighted by Gasteiger charge is -2.70. The molecule has 4 aliphatic carbocycles. The Morgan fingerprint density at radius 3 is 2.34 bits per heavy atom. The van der Waals surface area contributed by atoms with Gasteiger partial charge in [-0.3, -0.25) is 9.59 Å². The van der Waals surface area contributed by atoms with Crippen LogP contribution in [0.4, 0.5) is 0 Å². The van der Waals surface area contributed by atoms with Gasteiger partial charge in [-0.25, -0.2) is 0 Å². The minimum atomic E-state index is -1.27. The third-order valence-electron chi connectivity index (χ3n) is 10.8. The Morgan fingerprint density at radius 1 is 1.09 bits per heavy atom. The molecule has 0 unspecified atom stereocenters. The van der Waals surface area contributed by atoms with E-state index < -0.39 is 17.4 Å². The molecule has 0 spiro atoms. The van der Waals surface area contributed by atoms with Crippen molar-refractivity contribution in [1.29, 1.82) is 0 Å². The number of aliphatic hydroxyl groups excluding tert-OH is 2. The highest BCUT2D eigenvalue weighted by molar-refractivity contribution is 6.00. The van der Waals surface area contributed by atoms with Gasteiger partial charge < -0.3 is 15.0 Å². The first-order chi connectivity index (χ1) is 14.9. The lowest BCUT2D eigenvalue weighted by molar-refractivity contribution is -0.243. The maximum atomic E-state index is 13.3. The topological polar surface area (TPSA) is 91.7 Å². The smallest absolute Gasteiger partial charge is 0.156 e. The first kappa shape index (κ1) is 23.8. The summed E-state index contributed by atoms with van der Waals surface area (Å²) in [6.07, 6.45) is 7.52. The van der Waals surface area contributed by atoms with E-state index in [4.69, 9.17) is 0 Å². The number of ketones is 2. The molecule has 0 aromatic heterocycles. The van der Waals surface area contributed by atoms with Gasteiger partial charge in [0.25, 0.3) is 0 Å². The number of hydrogen-bond donors (Lipinski definition) is 2. The summed E-state index contributed by atoms with van der Waals surface area (Å²) < 4.78 is 0. The average molecular weight is 445 g/mol. The molecule has 3 saturated carbocycles. The maximum Gasteiger partial charge on any atom is 0.156 e. The number of rotatable bonds is 4. The third kappa shape index (κ3) is 2.79. The SMILES string of the molecule is CC(=O)C1=CC[C@H]2[C@]3(C)CC[C@H]4C(C)(C)CCC[C@]4(CO)[C@H]3C[C@H](O)[C@]2(C(C)=O)[C@H]1C=O. The molecule has 0 amide bonds. The number of hydrogen-bond acceptors (Lipinski definition) is 5. The van der Waals surface area contributed by atoms with Crippen LogP contribution in [-0.4, -0.2) is 40.8 Å². The molecule has 2 N–H and O–H groups in total. The van der Waals surface area contributed by atoms with Crippen molar-refractivity contribution in [3.8, 4) is 0 Å². The predicted molar refractivity (Wildman–Crippen MR) is 122 cm³/mol. The summed E-state index contributed by atoms with van der Waals surface area (Å²) in [5, 5.41) is 22.6. The molecule has 32 heavy (non-hydrogen) atoms. The zero-order valence-electron chi connectivity index (χ0n) is 20.3. The Hall–Kier alpha value is -1.33. The van der Waals surface area contributed by atoms with E-state index in [1.165, 1.54) is 13.8 Å². The van der Waals surface area contributed by atoms with Gasteiger partial charge in [0.15, 0.2) is 5.78 Å². The number of allylic oxidation sites excluding steroid dienone is 2. The van der Waals surface area contributed by atoms with Crippen molar-refractivity contribution in [1.82, 2.24) is 0 Å². The van der Waals surface area contributed by atoms with Crippen LogP contribution in [0.25, 0.3) is 0 Å². The normalized spacial score (nSPS) is 47.3. The van der Waals surface area contributed by atoms with E-state index in [1.807, 2.05) is 6.08 Å². The summed E-state index contributed by atoms with van der Waals surface area (Å²) in [5.41, 5.74) is -1.34. The highest BCUT2D eigenvalue weighted by Crippen LogP contribution is 2.73. The molecular weight excluding hydrogens is 404 g/mol. The van der Waals surface area contributed by atoms with Crippen molar-refractivity contribution < 1.29 is 24.6 Å². The zero-order chi connectivity index (χ0) is 23.7. The van der Waals surface area contributed by atoms with Crippen molar-refractivity contribution >= 4 is 17.9 Å². The van der Waals surface area contributed by atoms with Gasteiger partial charge in [-0.1, -0.05) is 33.3 Å². The largest absolute Gasteiger partial charge is 0.396 e. The Balaban J connectivity index is 1.90. The van der Waals surface area contributed by atoms with E-state index in [1.54, 1.807) is 0 Å². The van der Waals surface area contributed by atoms with Gasteiger partial charge in [0, 0.05) is 17.6 Å². The highest BCUT2D eigenvalue weighted by atomic mass is 16.3. The van der Waals surface area contributed by atoms with Crippen LogP contribution in [0.15, 0.2) is 11.6 Å². The molecule has 0 aromatic carbocycles. The van der Waals surface area contributed by atoms with E-state index in [9.17, 15) is 24.6 Å². The number of aliphatic hydroxyl groups is 2. The van der Waals surface area contributed by atoms with Crippen LogP contribution >= 0.6 is 0 Å². The van der Waals surface area contributed by atoms with Crippen LogP contribution in [0, 0.1) is 45.3 Å². The van der Waals surface area contributed by atoms with Crippen LogP contribution in [0.5, 0.6) is 0 Å². The highest BCUT2D eigenvalue weighted by Gasteiger charge is 2.71. The van der Waals surface area contributed by atoms with Gasteiger partial charge in [-0.05, 0) is 81.0 Å². The molecule has 0 aliphatic heterocycles.